The van der Waals surface area contributed by atoms with Gasteiger partial charge in [0, 0.05) is 18.1 Å². The van der Waals surface area contributed by atoms with Gasteiger partial charge in [0.05, 0.1) is 41.2 Å². The molecule has 2 aromatic carbocycles. The minimum absolute atomic E-state index is 0.253. The first-order chi connectivity index (χ1) is 12.1. The molecule has 0 aliphatic rings. The summed E-state index contributed by atoms with van der Waals surface area (Å²) in [7, 11) is 6.19. The number of hydrogen-bond donors (Lipinski definition) is 2. The summed E-state index contributed by atoms with van der Waals surface area (Å²) in [5, 5.41) is 20.7. The smallest absolute Gasteiger partial charge is 0.122 e. The van der Waals surface area contributed by atoms with Crippen molar-refractivity contribution in [1.82, 2.24) is 0 Å². The van der Waals surface area contributed by atoms with Crippen molar-refractivity contribution in [2.45, 2.75) is 12.0 Å². The molecule has 2 unspecified atom stereocenters. The number of rotatable bonds is 8. The highest BCUT2D eigenvalue weighted by Gasteiger charge is 2.24. The standard InChI is InChI=1S/C19H24O6/c1-22-14-5-12(6-15(9-14)23-2)18(11-20)19(21)13-7-16(24-3)10-17(8-13)25-4/h5-10,18-21H,11H2,1-4H3. The van der Waals surface area contributed by atoms with Gasteiger partial charge in [-0.1, -0.05) is 0 Å². The molecule has 2 aromatic rings. The molecule has 2 atom stereocenters. The monoisotopic (exact) mass is 348 g/mol. The lowest BCUT2D eigenvalue weighted by atomic mass is 9.89. The van der Waals surface area contributed by atoms with Gasteiger partial charge in [-0.05, 0) is 35.4 Å². The van der Waals surface area contributed by atoms with Gasteiger partial charge >= 0.3 is 0 Å². The van der Waals surface area contributed by atoms with Gasteiger partial charge in [0.15, 0.2) is 0 Å². The first-order valence-electron chi connectivity index (χ1n) is 7.81. The summed E-state index contributed by atoms with van der Waals surface area (Å²) in [6, 6.07) is 10.4. The van der Waals surface area contributed by atoms with E-state index in [1.54, 1.807) is 64.8 Å². The van der Waals surface area contributed by atoms with Gasteiger partial charge in [-0.15, -0.1) is 0 Å². The summed E-state index contributed by atoms with van der Waals surface area (Å²) >= 11 is 0. The van der Waals surface area contributed by atoms with Crippen molar-refractivity contribution in [2.24, 2.45) is 0 Å². The molecule has 2 rings (SSSR count). The third kappa shape index (κ3) is 4.35. The maximum atomic E-state index is 10.8. The van der Waals surface area contributed by atoms with E-state index in [0.717, 1.165) is 0 Å². The van der Waals surface area contributed by atoms with E-state index >= 15 is 0 Å². The van der Waals surface area contributed by atoms with Crippen molar-refractivity contribution in [3.8, 4) is 23.0 Å². The average Bonchev–Trinajstić information content (AvgIpc) is 2.67. The van der Waals surface area contributed by atoms with Gasteiger partial charge in [-0.3, -0.25) is 0 Å². The fraction of sp³-hybridized carbons (Fsp3) is 0.368. The molecule has 0 spiro atoms. The zero-order valence-electron chi connectivity index (χ0n) is 14.9. The molecule has 0 aliphatic carbocycles. The zero-order chi connectivity index (χ0) is 18.4. The maximum absolute atomic E-state index is 10.8. The molecule has 0 radical (unpaired) electrons. The highest BCUT2D eigenvalue weighted by atomic mass is 16.5. The molecule has 0 aromatic heterocycles. The van der Waals surface area contributed by atoms with Gasteiger partial charge in [-0.25, -0.2) is 0 Å². The zero-order valence-corrected chi connectivity index (χ0v) is 14.9. The van der Waals surface area contributed by atoms with Gasteiger partial charge in [0.1, 0.15) is 23.0 Å². The third-order valence-corrected chi connectivity index (χ3v) is 4.10. The summed E-state index contributed by atoms with van der Waals surface area (Å²) < 4.78 is 21.0. The largest absolute Gasteiger partial charge is 0.497 e. The molecule has 0 saturated heterocycles. The van der Waals surface area contributed by atoms with Crippen LogP contribution in [0.2, 0.25) is 0 Å². The number of ether oxygens (including phenoxy) is 4. The van der Waals surface area contributed by atoms with Crippen molar-refractivity contribution >= 4 is 0 Å². The van der Waals surface area contributed by atoms with Crippen LogP contribution in [0.5, 0.6) is 23.0 Å². The third-order valence-electron chi connectivity index (χ3n) is 4.10. The van der Waals surface area contributed by atoms with Crippen molar-refractivity contribution < 1.29 is 29.2 Å². The predicted octanol–water partition coefficient (Wildman–Crippen LogP) is 2.53. The Kier molecular flexibility index (Phi) is 6.50. The number of methoxy groups -OCH3 is 4. The lowest BCUT2D eigenvalue weighted by Gasteiger charge is -2.23. The SMILES string of the molecule is COc1cc(OC)cc(C(O)C(CO)c2cc(OC)cc(OC)c2)c1. The Balaban J connectivity index is 2.43. The van der Waals surface area contributed by atoms with Crippen LogP contribution in [0.3, 0.4) is 0 Å². The molecule has 0 amide bonds. The molecule has 6 heteroatoms. The van der Waals surface area contributed by atoms with Crippen LogP contribution < -0.4 is 18.9 Å². The van der Waals surface area contributed by atoms with Crippen LogP contribution in [0.15, 0.2) is 36.4 Å². The average molecular weight is 348 g/mol. The fourth-order valence-electron chi connectivity index (χ4n) is 2.66. The maximum Gasteiger partial charge on any atom is 0.122 e. The molecule has 0 bridgehead atoms. The minimum Gasteiger partial charge on any atom is -0.497 e. The first kappa shape index (κ1) is 18.9. The summed E-state index contributed by atoms with van der Waals surface area (Å²) in [6.45, 7) is -0.253. The van der Waals surface area contributed by atoms with Crippen molar-refractivity contribution in [3.63, 3.8) is 0 Å². The number of aliphatic hydroxyl groups is 2. The molecule has 6 nitrogen and oxygen atoms in total. The highest BCUT2D eigenvalue weighted by Crippen LogP contribution is 2.37. The summed E-state index contributed by atoms with van der Waals surface area (Å²) in [5.74, 6) is 1.73. The Morgan fingerprint density at radius 2 is 1.04 bits per heavy atom. The van der Waals surface area contributed by atoms with Crippen LogP contribution >= 0.6 is 0 Å². The van der Waals surface area contributed by atoms with E-state index in [2.05, 4.69) is 0 Å². The quantitative estimate of drug-likeness (QED) is 0.763. The molecule has 136 valence electrons. The van der Waals surface area contributed by atoms with E-state index < -0.39 is 12.0 Å². The van der Waals surface area contributed by atoms with Gasteiger partial charge in [-0.2, -0.15) is 0 Å². The Hall–Kier alpha value is -2.44. The van der Waals surface area contributed by atoms with E-state index in [1.807, 2.05) is 0 Å². The van der Waals surface area contributed by atoms with Crippen LogP contribution in [0.1, 0.15) is 23.1 Å². The second-order valence-electron chi connectivity index (χ2n) is 5.53. The first-order valence-corrected chi connectivity index (χ1v) is 7.81. The number of aliphatic hydroxyl groups excluding tert-OH is 2. The van der Waals surface area contributed by atoms with Crippen LogP contribution in [0.4, 0.5) is 0 Å². The molecule has 0 saturated carbocycles. The highest BCUT2D eigenvalue weighted by molar-refractivity contribution is 5.43. The van der Waals surface area contributed by atoms with Crippen LogP contribution in [0.25, 0.3) is 0 Å². The Labute approximate surface area is 147 Å². The molecule has 0 aliphatic heterocycles. The Bertz CT molecular complexity index is 656. The van der Waals surface area contributed by atoms with Crippen molar-refractivity contribution in [3.05, 3.63) is 47.5 Å². The number of hydrogen-bond acceptors (Lipinski definition) is 6. The van der Waals surface area contributed by atoms with Gasteiger partial charge < -0.3 is 29.2 Å². The van der Waals surface area contributed by atoms with Crippen molar-refractivity contribution in [2.75, 3.05) is 35.0 Å². The van der Waals surface area contributed by atoms with E-state index in [0.29, 0.717) is 34.1 Å². The van der Waals surface area contributed by atoms with E-state index in [4.69, 9.17) is 18.9 Å². The summed E-state index contributed by atoms with van der Waals surface area (Å²) in [6.07, 6.45) is -0.967. The van der Waals surface area contributed by atoms with Crippen LogP contribution in [-0.2, 0) is 0 Å². The summed E-state index contributed by atoms with van der Waals surface area (Å²) in [4.78, 5) is 0. The molecule has 0 heterocycles. The molecule has 0 fully saturated rings. The van der Waals surface area contributed by atoms with Gasteiger partial charge in [0.2, 0.25) is 0 Å². The number of benzene rings is 2. The summed E-state index contributed by atoms with van der Waals surface area (Å²) in [5.41, 5.74) is 1.28. The lowest BCUT2D eigenvalue weighted by molar-refractivity contribution is 0.106. The Morgan fingerprint density at radius 3 is 1.36 bits per heavy atom. The normalized spacial score (nSPS) is 13.0. The fourth-order valence-corrected chi connectivity index (χ4v) is 2.66. The van der Waals surface area contributed by atoms with Gasteiger partial charge in [0.25, 0.3) is 0 Å². The second kappa shape index (κ2) is 8.60. The van der Waals surface area contributed by atoms with E-state index in [9.17, 15) is 10.2 Å². The van der Waals surface area contributed by atoms with Crippen LogP contribution in [0, 0.1) is 0 Å². The van der Waals surface area contributed by atoms with E-state index in [1.165, 1.54) is 0 Å². The lowest BCUT2D eigenvalue weighted by Crippen LogP contribution is -2.15. The topological polar surface area (TPSA) is 77.4 Å². The Morgan fingerprint density at radius 1 is 0.680 bits per heavy atom. The second-order valence-corrected chi connectivity index (χ2v) is 5.53. The molecular formula is C19H24O6. The van der Waals surface area contributed by atoms with E-state index in [-0.39, 0.29) is 6.61 Å². The molecule has 2 N–H and O–H groups in total. The predicted molar refractivity (Wildman–Crippen MR) is 93.9 cm³/mol. The van der Waals surface area contributed by atoms with Crippen LogP contribution in [-0.4, -0.2) is 45.3 Å². The molecular weight excluding hydrogens is 324 g/mol. The molecule has 25 heavy (non-hydrogen) atoms. The van der Waals surface area contributed by atoms with Crippen molar-refractivity contribution in [1.29, 1.82) is 0 Å². The minimum atomic E-state index is -0.967.